The lowest BCUT2D eigenvalue weighted by atomic mass is 10.0. The van der Waals surface area contributed by atoms with Crippen molar-refractivity contribution in [3.8, 4) is 11.4 Å². The number of benzene rings is 1. The highest BCUT2D eigenvalue weighted by atomic mass is 35.5. The summed E-state index contributed by atoms with van der Waals surface area (Å²) in [7, 11) is 0. The Labute approximate surface area is 153 Å². The van der Waals surface area contributed by atoms with E-state index in [1.54, 1.807) is 10.7 Å². The molecule has 3 N–H and O–H groups in total. The zero-order chi connectivity index (χ0) is 17.4. The predicted molar refractivity (Wildman–Crippen MR) is 93.9 cm³/mol. The molecule has 2 aromatic rings. The van der Waals surface area contributed by atoms with Crippen molar-refractivity contribution in [2.75, 3.05) is 6.61 Å². The van der Waals surface area contributed by atoms with Crippen LogP contribution in [0.25, 0.3) is 11.4 Å². The Balaban J connectivity index is 1.68. The predicted octanol–water partition coefficient (Wildman–Crippen LogP) is 0.869. The summed E-state index contributed by atoms with van der Waals surface area (Å²) in [5.74, 6) is 0.561. The van der Waals surface area contributed by atoms with Crippen LogP contribution < -0.4 is 11.2 Å². The minimum absolute atomic E-state index is 0.0725. The molecule has 1 aromatic heterocycles. The van der Waals surface area contributed by atoms with E-state index in [9.17, 15) is 0 Å². The Bertz CT molecular complexity index is 842. The molecule has 3 heterocycles. The molecule has 0 spiro atoms. The van der Waals surface area contributed by atoms with Gasteiger partial charge in [-0.25, -0.2) is 4.68 Å². The van der Waals surface area contributed by atoms with Gasteiger partial charge in [0.2, 0.25) is 0 Å². The number of tetrazole rings is 1. The van der Waals surface area contributed by atoms with Gasteiger partial charge in [0.15, 0.2) is 17.2 Å². The van der Waals surface area contributed by atoms with Crippen molar-refractivity contribution in [2.24, 2.45) is 10.8 Å². The van der Waals surface area contributed by atoms with Gasteiger partial charge in [0.25, 0.3) is 0 Å². The first kappa shape index (κ1) is 16.3. The molecule has 2 aliphatic heterocycles. The molecule has 2 saturated heterocycles. The van der Waals surface area contributed by atoms with Gasteiger partial charge in [-0.3, -0.25) is 5.43 Å². The number of nitrogens with two attached hydrogens (primary N) is 1. The van der Waals surface area contributed by atoms with E-state index in [2.05, 4.69) is 26.1 Å². The number of nitrogens with zero attached hydrogens (tertiary/aromatic N) is 5. The number of hydrogen-bond donors (Lipinski definition) is 2. The summed E-state index contributed by atoms with van der Waals surface area (Å²) >= 11 is 11.1. The van der Waals surface area contributed by atoms with E-state index in [0.29, 0.717) is 29.6 Å². The number of ether oxygens (including phenoxy) is 2. The SMILES string of the molecule is NC(=S)N/N=C1/C[C@@H](n2nnnc2-c2ccccc2Cl)[C@H]2CO[C@@H]1O2. The molecule has 9 nitrogen and oxygen atoms in total. The van der Waals surface area contributed by atoms with Gasteiger partial charge in [-0.1, -0.05) is 23.7 Å². The normalized spacial score (nSPS) is 26.8. The minimum Gasteiger partial charge on any atom is -0.375 e. The van der Waals surface area contributed by atoms with Crippen LogP contribution in [0.5, 0.6) is 0 Å². The molecule has 1 aromatic carbocycles. The van der Waals surface area contributed by atoms with Crippen LogP contribution >= 0.6 is 23.8 Å². The number of fused-ring (bicyclic) bond motifs is 2. The third-order valence-corrected chi connectivity index (χ3v) is 4.48. The molecule has 0 amide bonds. The zero-order valence-electron chi connectivity index (χ0n) is 12.9. The fourth-order valence-corrected chi connectivity index (χ4v) is 3.21. The monoisotopic (exact) mass is 379 g/mol. The van der Waals surface area contributed by atoms with Crippen LogP contribution in [0, 0.1) is 0 Å². The third-order valence-electron chi connectivity index (χ3n) is 4.06. The molecule has 0 radical (unpaired) electrons. The summed E-state index contributed by atoms with van der Waals surface area (Å²) in [6, 6.07) is 7.20. The summed E-state index contributed by atoms with van der Waals surface area (Å²) in [5.41, 5.74) is 9.40. The Morgan fingerprint density at radius 3 is 3.08 bits per heavy atom. The van der Waals surface area contributed by atoms with Crippen molar-refractivity contribution in [3.05, 3.63) is 29.3 Å². The Morgan fingerprint density at radius 1 is 1.44 bits per heavy atom. The van der Waals surface area contributed by atoms with Crippen molar-refractivity contribution in [1.82, 2.24) is 25.6 Å². The van der Waals surface area contributed by atoms with Gasteiger partial charge < -0.3 is 15.2 Å². The highest BCUT2D eigenvalue weighted by Gasteiger charge is 2.44. The quantitative estimate of drug-likeness (QED) is 0.596. The van der Waals surface area contributed by atoms with Gasteiger partial charge in [0.1, 0.15) is 6.10 Å². The number of aromatic nitrogens is 4. The van der Waals surface area contributed by atoms with Crippen molar-refractivity contribution >= 4 is 34.6 Å². The van der Waals surface area contributed by atoms with Crippen LogP contribution in [0.15, 0.2) is 29.4 Å². The second-order valence-corrected chi connectivity index (χ2v) is 6.46. The van der Waals surface area contributed by atoms with E-state index in [-0.39, 0.29) is 17.3 Å². The van der Waals surface area contributed by atoms with Crippen molar-refractivity contribution in [1.29, 1.82) is 0 Å². The molecule has 0 saturated carbocycles. The topological polar surface area (TPSA) is 112 Å². The van der Waals surface area contributed by atoms with Crippen molar-refractivity contribution < 1.29 is 9.47 Å². The molecule has 4 rings (SSSR count). The van der Waals surface area contributed by atoms with Crippen LogP contribution in [-0.2, 0) is 9.47 Å². The average molecular weight is 380 g/mol. The number of hydrogen-bond acceptors (Lipinski definition) is 7. The van der Waals surface area contributed by atoms with E-state index in [4.69, 9.17) is 39.0 Å². The smallest absolute Gasteiger partial charge is 0.199 e. The van der Waals surface area contributed by atoms with E-state index < -0.39 is 6.29 Å². The summed E-state index contributed by atoms with van der Waals surface area (Å²) < 4.78 is 13.2. The first-order valence-corrected chi connectivity index (χ1v) is 8.34. The number of nitrogens with one attached hydrogen (secondary N) is 1. The van der Waals surface area contributed by atoms with Gasteiger partial charge in [-0.2, -0.15) is 5.10 Å². The first-order valence-electron chi connectivity index (χ1n) is 7.55. The standard InChI is InChI=1S/C14H14ClN7O2S/c15-8-4-2-1-3-7(8)12-18-20-21-22(12)10-5-9(17-19-14(16)25)13-23-6-11(10)24-13/h1-4,10-11,13H,5-6H2,(H3,16,19,25)/b17-9-/t10-,11-,13-/m1/s1. The van der Waals surface area contributed by atoms with Gasteiger partial charge in [0.05, 0.1) is 23.4 Å². The number of hydrazone groups is 1. The van der Waals surface area contributed by atoms with Gasteiger partial charge in [-0.15, -0.1) is 5.10 Å². The van der Waals surface area contributed by atoms with Crippen LogP contribution in [0.4, 0.5) is 0 Å². The highest BCUT2D eigenvalue weighted by molar-refractivity contribution is 7.80. The maximum atomic E-state index is 6.29. The van der Waals surface area contributed by atoms with Crippen LogP contribution in [0.3, 0.4) is 0 Å². The molecular weight excluding hydrogens is 366 g/mol. The fourth-order valence-electron chi connectivity index (χ4n) is 2.94. The summed E-state index contributed by atoms with van der Waals surface area (Å²) in [4.78, 5) is 0. The molecule has 2 aliphatic rings. The van der Waals surface area contributed by atoms with Crippen LogP contribution in [0.2, 0.25) is 5.02 Å². The van der Waals surface area contributed by atoms with Crippen molar-refractivity contribution in [3.63, 3.8) is 0 Å². The number of rotatable bonds is 3. The lowest BCUT2D eigenvalue weighted by Gasteiger charge is -2.28. The first-order chi connectivity index (χ1) is 12.1. The molecule has 3 atom stereocenters. The number of thiocarbonyl (C=S) groups is 1. The lowest BCUT2D eigenvalue weighted by molar-refractivity contribution is -0.0320. The fraction of sp³-hybridized carbons (Fsp3) is 0.357. The van der Waals surface area contributed by atoms with E-state index in [1.807, 2.05) is 18.2 Å². The van der Waals surface area contributed by atoms with Gasteiger partial charge in [-0.05, 0) is 34.8 Å². The largest absolute Gasteiger partial charge is 0.375 e. The van der Waals surface area contributed by atoms with Crippen LogP contribution in [0.1, 0.15) is 12.5 Å². The Hall–Kier alpha value is -2.14. The van der Waals surface area contributed by atoms with E-state index >= 15 is 0 Å². The molecule has 0 aliphatic carbocycles. The second-order valence-electron chi connectivity index (χ2n) is 5.62. The third kappa shape index (κ3) is 3.09. The highest BCUT2D eigenvalue weighted by Crippen LogP contribution is 2.36. The van der Waals surface area contributed by atoms with Gasteiger partial charge in [0, 0.05) is 12.0 Å². The van der Waals surface area contributed by atoms with Crippen molar-refractivity contribution in [2.45, 2.75) is 24.9 Å². The van der Waals surface area contributed by atoms with E-state index in [1.165, 1.54) is 0 Å². The molecular formula is C14H14ClN7O2S. The average Bonchev–Trinajstić information content (AvgIpc) is 3.23. The second kappa shape index (κ2) is 6.64. The zero-order valence-corrected chi connectivity index (χ0v) is 14.4. The molecule has 0 unspecified atom stereocenters. The van der Waals surface area contributed by atoms with E-state index in [0.717, 1.165) is 5.56 Å². The minimum atomic E-state index is -0.511. The summed E-state index contributed by atoms with van der Waals surface area (Å²) in [6.45, 7) is 0.420. The summed E-state index contributed by atoms with van der Waals surface area (Å²) in [5, 5.41) is 16.9. The maximum Gasteiger partial charge on any atom is 0.199 e. The molecule has 25 heavy (non-hydrogen) atoms. The molecule has 2 fully saturated rings. The Morgan fingerprint density at radius 2 is 2.28 bits per heavy atom. The molecule has 130 valence electrons. The Kier molecular flexibility index (Phi) is 4.34. The van der Waals surface area contributed by atoms with Gasteiger partial charge >= 0.3 is 0 Å². The molecule has 11 heteroatoms. The maximum absolute atomic E-state index is 6.29. The molecule has 2 bridgehead atoms. The van der Waals surface area contributed by atoms with Crippen LogP contribution in [-0.4, -0.2) is 50.0 Å². The summed E-state index contributed by atoms with van der Waals surface area (Å²) in [6.07, 6.45) is -0.158. The lowest BCUT2D eigenvalue weighted by Crippen LogP contribution is -2.39. The number of halogens is 1.